The van der Waals surface area contributed by atoms with Gasteiger partial charge in [0, 0.05) is 29.0 Å². The highest BCUT2D eigenvalue weighted by molar-refractivity contribution is 9.10. The number of aliphatic hydroxyl groups is 1. The molecule has 0 aliphatic heterocycles. The van der Waals surface area contributed by atoms with E-state index in [1.807, 2.05) is 6.92 Å². The predicted molar refractivity (Wildman–Crippen MR) is 71.1 cm³/mol. The summed E-state index contributed by atoms with van der Waals surface area (Å²) in [5, 5.41) is 10.3. The van der Waals surface area contributed by atoms with Crippen LogP contribution in [-0.2, 0) is 12.7 Å². The van der Waals surface area contributed by atoms with Crippen LogP contribution in [-0.4, -0.2) is 14.7 Å². The van der Waals surface area contributed by atoms with E-state index in [1.54, 1.807) is 10.8 Å². The number of halogens is 4. The van der Waals surface area contributed by atoms with Gasteiger partial charge in [-0.05, 0) is 25.1 Å². The van der Waals surface area contributed by atoms with E-state index in [1.165, 1.54) is 12.3 Å². The Bertz CT molecular complexity index is 610. The van der Waals surface area contributed by atoms with Crippen LogP contribution >= 0.6 is 15.9 Å². The third kappa shape index (κ3) is 2.88. The van der Waals surface area contributed by atoms with Crippen molar-refractivity contribution in [3.63, 3.8) is 0 Å². The number of aryl methyl sites for hydroxylation is 1. The van der Waals surface area contributed by atoms with Crippen LogP contribution in [0.2, 0.25) is 0 Å². The topological polar surface area (TPSA) is 38.0 Å². The second-order valence-corrected chi connectivity index (χ2v) is 5.06. The second-order valence-electron chi connectivity index (χ2n) is 4.21. The van der Waals surface area contributed by atoms with Crippen molar-refractivity contribution in [2.45, 2.75) is 25.7 Å². The van der Waals surface area contributed by atoms with E-state index in [0.717, 1.165) is 12.1 Å². The first-order valence-corrected chi connectivity index (χ1v) is 6.69. The van der Waals surface area contributed by atoms with Gasteiger partial charge in [0.2, 0.25) is 0 Å². The van der Waals surface area contributed by atoms with Crippen molar-refractivity contribution in [3.05, 3.63) is 52.0 Å². The van der Waals surface area contributed by atoms with E-state index in [0.29, 0.717) is 16.8 Å². The molecule has 0 spiro atoms. The fourth-order valence-electron chi connectivity index (χ4n) is 1.90. The van der Waals surface area contributed by atoms with E-state index in [9.17, 15) is 18.3 Å². The summed E-state index contributed by atoms with van der Waals surface area (Å²) >= 11 is 3.17. The molecule has 0 saturated carbocycles. The van der Waals surface area contributed by atoms with Crippen LogP contribution in [0, 0.1) is 0 Å². The zero-order valence-corrected chi connectivity index (χ0v) is 12.1. The van der Waals surface area contributed by atoms with Crippen molar-refractivity contribution in [3.8, 4) is 0 Å². The van der Waals surface area contributed by atoms with Gasteiger partial charge in [-0.3, -0.25) is 0 Å². The monoisotopic (exact) mass is 348 g/mol. The van der Waals surface area contributed by atoms with Gasteiger partial charge in [-0.1, -0.05) is 15.9 Å². The highest BCUT2D eigenvalue weighted by Crippen LogP contribution is 2.35. The molecule has 0 fully saturated rings. The Kier molecular flexibility index (Phi) is 4.19. The molecule has 1 N–H and O–H groups in total. The second kappa shape index (κ2) is 5.57. The molecular weight excluding hydrogens is 337 g/mol. The molecule has 2 aromatic rings. The summed E-state index contributed by atoms with van der Waals surface area (Å²) < 4.78 is 40.3. The Hall–Kier alpha value is -1.34. The van der Waals surface area contributed by atoms with E-state index in [4.69, 9.17) is 0 Å². The maximum Gasteiger partial charge on any atom is 0.416 e. The molecule has 0 aliphatic rings. The van der Waals surface area contributed by atoms with Gasteiger partial charge in [0.25, 0.3) is 0 Å². The maximum atomic E-state index is 12.7. The van der Waals surface area contributed by atoms with Gasteiger partial charge in [-0.2, -0.15) is 13.2 Å². The zero-order chi connectivity index (χ0) is 14.9. The van der Waals surface area contributed by atoms with Gasteiger partial charge < -0.3 is 9.67 Å². The maximum absolute atomic E-state index is 12.7. The Labute approximate surface area is 122 Å². The molecule has 0 bridgehead atoms. The fourth-order valence-corrected chi connectivity index (χ4v) is 2.37. The molecule has 2 rings (SSSR count). The van der Waals surface area contributed by atoms with Gasteiger partial charge >= 0.3 is 6.18 Å². The highest BCUT2D eigenvalue weighted by Gasteiger charge is 2.32. The van der Waals surface area contributed by atoms with Crippen LogP contribution in [0.25, 0.3) is 0 Å². The lowest BCUT2D eigenvalue weighted by Crippen LogP contribution is -2.12. The van der Waals surface area contributed by atoms with E-state index in [-0.39, 0.29) is 5.56 Å². The molecule has 1 aromatic heterocycles. The molecule has 108 valence electrons. The molecule has 0 radical (unpaired) electrons. The Morgan fingerprint density at radius 3 is 2.70 bits per heavy atom. The number of aromatic nitrogens is 2. The minimum absolute atomic E-state index is 0.140. The average Bonchev–Trinajstić information content (AvgIpc) is 2.85. The lowest BCUT2D eigenvalue weighted by Gasteiger charge is -2.16. The summed E-state index contributed by atoms with van der Waals surface area (Å²) in [6.07, 6.45) is -2.50. The minimum Gasteiger partial charge on any atom is -0.380 e. The number of benzene rings is 1. The van der Waals surface area contributed by atoms with Crippen LogP contribution in [0.4, 0.5) is 13.2 Å². The predicted octanol–water partition coefficient (Wildman–Crippen LogP) is 3.77. The van der Waals surface area contributed by atoms with Gasteiger partial charge in [0.05, 0.1) is 5.56 Å². The van der Waals surface area contributed by atoms with Crippen LogP contribution in [0.15, 0.2) is 35.1 Å². The number of hydrogen-bond donors (Lipinski definition) is 1. The molecule has 1 unspecified atom stereocenters. The summed E-state index contributed by atoms with van der Waals surface area (Å²) in [6.45, 7) is 2.43. The molecule has 1 heterocycles. The summed E-state index contributed by atoms with van der Waals surface area (Å²) in [5.74, 6) is 0.313. The molecular formula is C13H12BrF3N2O. The first-order chi connectivity index (χ1) is 9.34. The summed E-state index contributed by atoms with van der Waals surface area (Å²) in [5.41, 5.74) is -0.662. The Balaban J connectivity index is 2.46. The van der Waals surface area contributed by atoms with E-state index < -0.39 is 17.8 Å². The van der Waals surface area contributed by atoms with Crippen molar-refractivity contribution in [1.82, 2.24) is 9.55 Å². The largest absolute Gasteiger partial charge is 0.416 e. The first-order valence-electron chi connectivity index (χ1n) is 5.90. The number of nitrogens with zero attached hydrogens (tertiary/aromatic N) is 2. The molecule has 1 atom stereocenters. The van der Waals surface area contributed by atoms with Crippen LogP contribution in [0.3, 0.4) is 0 Å². The first kappa shape index (κ1) is 15.1. The summed E-state index contributed by atoms with van der Waals surface area (Å²) in [7, 11) is 0. The highest BCUT2D eigenvalue weighted by atomic mass is 79.9. The van der Waals surface area contributed by atoms with Gasteiger partial charge in [0.15, 0.2) is 0 Å². The van der Waals surface area contributed by atoms with Crippen LogP contribution in [0.1, 0.15) is 30.0 Å². The Morgan fingerprint density at radius 2 is 2.10 bits per heavy atom. The molecule has 1 aromatic carbocycles. The number of aliphatic hydroxyl groups excluding tert-OH is 1. The fraction of sp³-hybridized carbons (Fsp3) is 0.308. The summed E-state index contributed by atoms with van der Waals surface area (Å²) in [6, 6.07) is 3.18. The number of alkyl halides is 3. The lowest BCUT2D eigenvalue weighted by atomic mass is 10.1. The normalized spacial score (nSPS) is 13.5. The summed E-state index contributed by atoms with van der Waals surface area (Å²) in [4.78, 5) is 4.01. The van der Waals surface area contributed by atoms with E-state index >= 15 is 0 Å². The molecule has 0 saturated heterocycles. The van der Waals surface area contributed by atoms with Gasteiger partial charge in [-0.25, -0.2) is 4.98 Å². The van der Waals surface area contributed by atoms with Crippen LogP contribution in [0.5, 0.6) is 0 Å². The average molecular weight is 349 g/mol. The quantitative estimate of drug-likeness (QED) is 0.916. The molecule has 20 heavy (non-hydrogen) atoms. The van der Waals surface area contributed by atoms with Crippen molar-refractivity contribution >= 4 is 15.9 Å². The van der Waals surface area contributed by atoms with Gasteiger partial charge in [-0.15, -0.1) is 0 Å². The van der Waals surface area contributed by atoms with Crippen molar-refractivity contribution in [2.24, 2.45) is 0 Å². The number of imidazole rings is 1. The number of rotatable bonds is 3. The van der Waals surface area contributed by atoms with Crippen LogP contribution < -0.4 is 0 Å². The number of hydrogen-bond acceptors (Lipinski definition) is 2. The molecule has 0 aliphatic carbocycles. The van der Waals surface area contributed by atoms with Crippen molar-refractivity contribution < 1.29 is 18.3 Å². The third-order valence-corrected chi connectivity index (χ3v) is 3.67. The van der Waals surface area contributed by atoms with Crippen molar-refractivity contribution in [2.75, 3.05) is 0 Å². The molecule has 3 nitrogen and oxygen atoms in total. The smallest absolute Gasteiger partial charge is 0.380 e. The third-order valence-electron chi connectivity index (χ3n) is 2.95. The minimum atomic E-state index is -4.45. The Morgan fingerprint density at radius 1 is 1.40 bits per heavy atom. The standard InChI is InChI=1S/C13H12BrF3N2O/c1-2-19-6-5-18-12(19)11(20)9-7-8(13(15,16)17)3-4-10(9)14/h3-7,11,20H,2H2,1H3. The van der Waals surface area contributed by atoms with E-state index in [2.05, 4.69) is 20.9 Å². The van der Waals surface area contributed by atoms with Gasteiger partial charge in [0.1, 0.15) is 11.9 Å². The van der Waals surface area contributed by atoms with Crippen molar-refractivity contribution in [1.29, 1.82) is 0 Å². The lowest BCUT2D eigenvalue weighted by molar-refractivity contribution is -0.137. The zero-order valence-electron chi connectivity index (χ0n) is 10.5. The molecule has 7 heteroatoms. The SMILES string of the molecule is CCn1ccnc1C(O)c1cc(C(F)(F)F)ccc1Br. The molecule has 0 amide bonds.